The molecule has 0 fully saturated rings. The van der Waals surface area contributed by atoms with Gasteiger partial charge < -0.3 is 15.6 Å². The fourth-order valence-corrected chi connectivity index (χ4v) is 1.89. The molecule has 0 heterocycles. The molecule has 3 nitrogen and oxygen atoms in total. The van der Waals surface area contributed by atoms with Crippen LogP contribution < -0.4 is 10.5 Å². The normalized spacial score (nSPS) is 12.6. The fourth-order valence-electron chi connectivity index (χ4n) is 1.59. The van der Waals surface area contributed by atoms with Crippen LogP contribution in [0.2, 0.25) is 5.02 Å². The topological polar surface area (TPSA) is 55.5 Å². The third-order valence-corrected chi connectivity index (χ3v) is 2.46. The molecule has 1 rings (SSSR count). The largest absolute Gasteiger partial charge is 0.496 e. The Balaban J connectivity index is 3.03. The smallest absolute Gasteiger partial charge is 0.125 e. The zero-order chi connectivity index (χ0) is 11.4. The Bertz CT molecular complexity index is 342. The summed E-state index contributed by atoms with van der Waals surface area (Å²) in [6, 6.07) is 3.38. The van der Waals surface area contributed by atoms with Crippen molar-refractivity contribution < 1.29 is 9.84 Å². The van der Waals surface area contributed by atoms with Gasteiger partial charge in [0.15, 0.2) is 0 Å². The highest BCUT2D eigenvalue weighted by Gasteiger charge is 2.11. The summed E-state index contributed by atoms with van der Waals surface area (Å²) in [7, 11) is 1.62. The Labute approximate surface area is 94.8 Å². The van der Waals surface area contributed by atoms with Crippen LogP contribution in [-0.2, 0) is 6.42 Å². The average molecular weight is 230 g/mol. The van der Waals surface area contributed by atoms with Crippen LogP contribution >= 0.6 is 11.6 Å². The van der Waals surface area contributed by atoms with Gasteiger partial charge in [0.25, 0.3) is 0 Å². The lowest BCUT2D eigenvalue weighted by molar-refractivity contribution is 0.264. The number of methoxy groups -OCH3 is 1. The van der Waals surface area contributed by atoms with Crippen molar-refractivity contribution in [3.63, 3.8) is 0 Å². The van der Waals surface area contributed by atoms with Gasteiger partial charge in [0, 0.05) is 11.1 Å². The first kappa shape index (κ1) is 12.3. The highest BCUT2D eigenvalue weighted by atomic mass is 35.5. The molecule has 1 aromatic carbocycles. The van der Waals surface area contributed by atoms with Gasteiger partial charge in [-0.25, -0.2) is 0 Å². The summed E-state index contributed by atoms with van der Waals surface area (Å²) >= 11 is 5.95. The molecule has 4 heteroatoms. The summed E-state index contributed by atoms with van der Waals surface area (Å²) in [6.07, 6.45) is 0.557. The minimum Gasteiger partial charge on any atom is -0.496 e. The van der Waals surface area contributed by atoms with E-state index in [4.69, 9.17) is 27.2 Å². The molecular formula is C11H16ClNO2. The van der Waals surface area contributed by atoms with Crippen molar-refractivity contribution >= 4 is 11.6 Å². The Morgan fingerprint density at radius 3 is 2.73 bits per heavy atom. The molecule has 0 saturated carbocycles. The van der Waals surface area contributed by atoms with E-state index >= 15 is 0 Å². The number of aliphatic hydroxyl groups is 1. The van der Waals surface area contributed by atoms with Gasteiger partial charge in [0.1, 0.15) is 5.75 Å². The Morgan fingerprint density at radius 1 is 1.53 bits per heavy atom. The van der Waals surface area contributed by atoms with E-state index in [2.05, 4.69) is 0 Å². The molecule has 0 saturated heterocycles. The van der Waals surface area contributed by atoms with Crippen molar-refractivity contribution in [3.05, 3.63) is 28.3 Å². The van der Waals surface area contributed by atoms with Crippen LogP contribution in [0, 0.1) is 6.92 Å². The average Bonchev–Trinajstić information content (AvgIpc) is 2.17. The molecule has 0 radical (unpaired) electrons. The van der Waals surface area contributed by atoms with Crippen molar-refractivity contribution in [3.8, 4) is 5.75 Å². The van der Waals surface area contributed by atoms with Crippen LogP contribution in [0.4, 0.5) is 0 Å². The number of hydrogen-bond acceptors (Lipinski definition) is 3. The third-order valence-electron chi connectivity index (χ3n) is 2.24. The standard InChI is InChI=1S/C11H16ClNO2/c1-7-3-9(12)4-8(11(7)15-2)5-10(13)6-14/h3-4,10,14H,5-6,13H2,1-2H3. The molecule has 1 aromatic rings. The summed E-state index contributed by atoms with van der Waals surface area (Å²) in [5, 5.41) is 9.56. The van der Waals surface area contributed by atoms with Crippen molar-refractivity contribution in [1.82, 2.24) is 0 Å². The van der Waals surface area contributed by atoms with Crippen LogP contribution in [0.1, 0.15) is 11.1 Å². The highest BCUT2D eigenvalue weighted by Crippen LogP contribution is 2.28. The number of nitrogens with two attached hydrogens (primary N) is 1. The molecular weight excluding hydrogens is 214 g/mol. The van der Waals surface area contributed by atoms with Crippen LogP contribution in [0.15, 0.2) is 12.1 Å². The summed E-state index contributed by atoms with van der Waals surface area (Å²) < 4.78 is 5.28. The van der Waals surface area contributed by atoms with Gasteiger partial charge in [-0.15, -0.1) is 0 Å². The molecule has 0 aliphatic carbocycles. The molecule has 84 valence electrons. The Hall–Kier alpha value is -0.770. The molecule has 1 atom stereocenters. The number of benzene rings is 1. The number of rotatable bonds is 4. The first-order valence-electron chi connectivity index (χ1n) is 4.78. The lowest BCUT2D eigenvalue weighted by Gasteiger charge is -2.14. The zero-order valence-electron chi connectivity index (χ0n) is 8.96. The molecule has 0 spiro atoms. The molecule has 0 amide bonds. The molecule has 15 heavy (non-hydrogen) atoms. The van der Waals surface area contributed by atoms with Gasteiger partial charge in [-0.2, -0.15) is 0 Å². The Morgan fingerprint density at radius 2 is 2.20 bits per heavy atom. The van der Waals surface area contributed by atoms with E-state index in [0.29, 0.717) is 11.4 Å². The summed E-state index contributed by atoms with van der Waals surface area (Å²) in [6.45, 7) is 1.88. The van der Waals surface area contributed by atoms with E-state index in [0.717, 1.165) is 16.9 Å². The Kier molecular flexibility index (Phi) is 4.39. The van der Waals surface area contributed by atoms with E-state index in [9.17, 15) is 0 Å². The number of hydrogen-bond donors (Lipinski definition) is 2. The summed E-state index contributed by atoms with van der Waals surface area (Å²) in [5.41, 5.74) is 7.59. The molecule has 0 aliphatic rings. The van der Waals surface area contributed by atoms with Crippen LogP contribution in [-0.4, -0.2) is 24.9 Å². The SMILES string of the molecule is COc1c(C)cc(Cl)cc1CC(N)CO. The lowest BCUT2D eigenvalue weighted by atomic mass is 10.0. The predicted octanol–water partition coefficient (Wildman–Crippen LogP) is 1.52. The van der Waals surface area contributed by atoms with Crippen molar-refractivity contribution in [2.24, 2.45) is 5.73 Å². The summed E-state index contributed by atoms with van der Waals surface area (Å²) in [5.74, 6) is 0.795. The number of aryl methyl sites for hydroxylation is 1. The maximum Gasteiger partial charge on any atom is 0.125 e. The van der Waals surface area contributed by atoms with Gasteiger partial charge in [0.05, 0.1) is 13.7 Å². The van der Waals surface area contributed by atoms with Gasteiger partial charge in [-0.1, -0.05) is 11.6 Å². The highest BCUT2D eigenvalue weighted by molar-refractivity contribution is 6.30. The summed E-state index contributed by atoms with van der Waals surface area (Å²) in [4.78, 5) is 0. The van der Waals surface area contributed by atoms with Gasteiger partial charge in [-0.05, 0) is 36.6 Å². The predicted molar refractivity (Wildman–Crippen MR) is 61.5 cm³/mol. The second-order valence-corrected chi connectivity index (χ2v) is 4.00. The van der Waals surface area contributed by atoms with Gasteiger partial charge >= 0.3 is 0 Å². The number of halogens is 1. The first-order chi connectivity index (χ1) is 7.08. The maximum atomic E-state index is 8.90. The minimum atomic E-state index is -0.281. The monoisotopic (exact) mass is 229 g/mol. The van der Waals surface area contributed by atoms with Crippen LogP contribution in [0.5, 0.6) is 5.75 Å². The molecule has 3 N–H and O–H groups in total. The van der Waals surface area contributed by atoms with Crippen LogP contribution in [0.3, 0.4) is 0 Å². The van der Waals surface area contributed by atoms with E-state index in [1.165, 1.54) is 0 Å². The second kappa shape index (κ2) is 5.35. The quantitative estimate of drug-likeness (QED) is 0.823. The molecule has 0 bridgehead atoms. The van der Waals surface area contributed by atoms with E-state index in [1.807, 2.05) is 19.1 Å². The minimum absolute atomic E-state index is 0.0469. The second-order valence-electron chi connectivity index (χ2n) is 3.56. The molecule has 0 aromatic heterocycles. The van der Waals surface area contributed by atoms with E-state index < -0.39 is 0 Å². The van der Waals surface area contributed by atoms with E-state index in [-0.39, 0.29) is 12.6 Å². The third kappa shape index (κ3) is 3.09. The first-order valence-corrected chi connectivity index (χ1v) is 5.15. The molecule has 1 unspecified atom stereocenters. The van der Waals surface area contributed by atoms with Crippen molar-refractivity contribution in [1.29, 1.82) is 0 Å². The van der Waals surface area contributed by atoms with Crippen molar-refractivity contribution in [2.45, 2.75) is 19.4 Å². The number of ether oxygens (including phenoxy) is 1. The lowest BCUT2D eigenvalue weighted by Crippen LogP contribution is -2.27. The van der Waals surface area contributed by atoms with Gasteiger partial charge in [0.2, 0.25) is 0 Å². The van der Waals surface area contributed by atoms with Gasteiger partial charge in [-0.3, -0.25) is 0 Å². The van der Waals surface area contributed by atoms with E-state index in [1.54, 1.807) is 7.11 Å². The zero-order valence-corrected chi connectivity index (χ0v) is 9.71. The fraction of sp³-hybridized carbons (Fsp3) is 0.455. The van der Waals surface area contributed by atoms with Crippen LogP contribution in [0.25, 0.3) is 0 Å². The number of aliphatic hydroxyl groups excluding tert-OH is 1. The van der Waals surface area contributed by atoms with Crippen molar-refractivity contribution in [2.75, 3.05) is 13.7 Å². The maximum absolute atomic E-state index is 8.90. The molecule has 0 aliphatic heterocycles.